The molecule has 0 aliphatic heterocycles. The van der Waals surface area contributed by atoms with Gasteiger partial charge < -0.3 is 8.98 Å². The summed E-state index contributed by atoms with van der Waals surface area (Å²) in [5, 5.41) is 9.39. The van der Waals surface area contributed by atoms with Gasteiger partial charge in [-0.3, -0.25) is 9.98 Å². The number of aliphatic imine (C=N–C) groups is 2. The van der Waals surface area contributed by atoms with Gasteiger partial charge in [0.2, 0.25) is 0 Å². The zero-order chi connectivity index (χ0) is 29.9. The molecule has 0 spiro atoms. The molecule has 8 aromatic rings. The molecule has 4 heteroatoms. The second-order valence-corrected chi connectivity index (χ2v) is 11.4. The molecule has 0 saturated heterocycles. The second kappa shape index (κ2) is 10.0. The maximum Gasteiger partial charge on any atom is 0.136 e. The van der Waals surface area contributed by atoms with E-state index in [0.717, 1.165) is 60.9 Å². The molecular formula is C41H27N3O. The first-order valence-electron chi connectivity index (χ1n) is 15.1. The second-order valence-electron chi connectivity index (χ2n) is 11.4. The molecule has 2 aromatic heterocycles. The summed E-state index contributed by atoms with van der Waals surface area (Å²) in [6.07, 6.45) is 8.23. The number of furan rings is 1. The highest BCUT2D eigenvalue weighted by atomic mass is 16.3. The standard InChI is InChI=1S/C41H27N3O/c1-42-41(30-17-10-12-26-11-2-3-13-28(26)30)31-15-4-7-18-35(31)43-25-44-36-19-8-5-14-29(36)34-23-27-21-22-39-40(33(27)24-37(34)44)32-16-6-9-20-38(32)45-39/h2-24H,1,25H2/b41-31-,43-35-. The van der Waals surface area contributed by atoms with Crippen molar-refractivity contribution in [2.45, 2.75) is 6.67 Å². The van der Waals surface area contributed by atoms with Gasteiger partial charge in [0, 0.05) is 32.7 Å². The summed E-state index contributed by atoms with van der Waals surface area (Å²) in [7, 11) is 0. The molecule has 0 unspecified atom stereocenters. The number of hydrogen-bond acceptors (Lipinski definition) is 3. The first-order valence-corrected chi connectivity index (χ1v) is 15.1. The van der Waals surface area contributed by atoms with Gasteiger partial charge in [-0.25, -0.2) is 0 Å². The first-order chi connectivity index (χ1) is 22.3. The molecule has 45 heavy (non-hydrogen) atoms. The van der Waals surface area contributed by atoms with Crippen molar-refractivity contribution in [2.24, 2.45) is 9.98 Å². The van der Waals surface area contributed by atoms with Crippen LogP contribution in [0.4, 0.5) is 0 Å². The monoisotopic (exact) mass is 577 g/mol. The quantitative estimate of drug-likeness (QED) is 0.192. The van der Waals surface area contributed by atoms with E-state index in [4.69, 9.17) is 9.41 Å². The van der Waals surface area contributed by atoms with Crippen molar-refractivity contribution in [3.05, 3.63) is 151 Å². The Hall–Kier alpha value is -6.00. The lowest BCUT2D eigenvalue weighted by molar-refractivity contribution is 0.669. The molecular weight excluding hydrogens is 550 g/mol. The third-order valence-electron chi connectivity index (χ3n) is 8.99. The van der Waals surface area contributed by atoms with Crippen LogP contribution in [0.15, 0.2) is 160 Å². The van der Waals surface area contributed by atoms with Crippen molar-refractivity contribution < 1.29 is 4.42 Å². The van der Waals surface area contributed by atoms with Crippen molar-refractivity contribution in [3.8, 4) is 0 Å². The van der Waals surface area contributed by atoms with E-state index in [1.165, 1.54) is 26.9 Å². The number of nitrogens with zero attached hydrogens (tertiary/aromatic N) is 3. The lowest BCUT2D eigenvalue weighted by Crippen LogP contribution is -2.06. The van der Waals surface area contributed by atoms with E-state index >= 15 is 0 Å². The minimum absolute atomic E-state index is 0.453. The van der Waals surface area contributed by atoms with Gasteiger partial charge in [-0.05, 0) is 64.7 Å². The molecule has 0 saturated carbocycles. The van der Waals surface area contributed by atoms with Gasteiger partial charge in [0.25, 0.3) is 0 Å². The number of fused-ring (bicyclic) bond motifs is 9. The predicted molar refractivity (Wildman–Crippen MR) is 190 cm³/mol. The fraction of sp³-hybridized carbons (Fsp3) is 0.0244. The van der Waals surface area contributed by atoms with Crippen LogP contribution >= 0.6 is 0 Å². The van der Waals surface area contributed by atoms with Crippen molar-refractivity contribution >= 4 is 83.4 Å². The highest BCUT2D eigenvalue weighted by Crippen LogP contribution is 2.39. The van der Waals surface area contributed by atoms with Crippen LogP contribution in [0.25, 0.3) is 71.0 Å². The fourth-order valence-electron chi connectivity index (χ4n) is 6.95. The van der Waals surface area contributed by atoms with E-state index < -0.39 is 0 Å². The molecule has 0 atom stereocenters. The molecule has 0 fully saturated rings. The topological polar surface area (TPSA) is 42.8 Å². The van der Waals surface area contributed by atoms with Crippen molar-refractivity contribution in [1.82, 2.24) is 4.57 Å². The molecule has 6 aromatic carbocycles. The number of allylic oxidation sites excluding steroid dienone is 5. The summed E-state index contributed by atoms with van der Waals surface area (Å²) < 4.78 is 8.56. The number of hydrogen-bond donors (Lipinski definition) is 0. The van der Waals surface area contributed by atoms with Gasteiger partial charge in [0.15, 0.2) is 0 Å². The third kappa shape index (κ3) is 3.93. The van der Waals surface area contributed by atoms with E-state index in [1.54, 1.807) is 0 Å². The summed E-state index contributed by atoms with van der Waals surface area (Å²) in [6, 6.07) is 40.5. The van der Waals surface area contributed by atoms with Gasteiger partial charge in [-0.15, -0.1) is 0 Å². The highest BCUT2D eigenvalue weighted by molar-refractivity contribution is 6.23. The van der Waals surface area contributed by atoms with Gasteiger partial charge in [-0.2, -0.15) is 0 Å². The van der Waals surface area contributed by atoms with Crippen LogP contribution in [0.3, 0.4) is 0 Å². The lowest BCUT2D eigenvalue weighted by Gasteiger charge is -2.14. The first kappa shape index (κ1) is 25.5. The largest absolute Gasteiger partial charge is 0.456 e. The molecule has 0 radical (unpaired) electrons. The predicted octanol–water partition coefficient (Wildman–Crippen LogP) is 10.6. The minimum Gasteiger partial charge on any atom is -0.456 e. The Bertz CT molecular complexity index is 2640. The molecule has 0 N–H and O–H groups in total. The SMILES string of the molecule is C=N/C(=C1/C=CC=C/C1=N/Cn1c2ccccc2c2cc3ccc4oc5ccccc5c4c3cc21)c1cccc2ccccc12. The molecule has 0 bridgehead atoms. The number of para-hydroxylation sites is 2. The van der Waals surface area contributed by atoms with E-state index in [0.29, 0.717) is 6.67 Å². The summed E-state index contributed by atoms with van der Waals surface area (Å²) in [4.78, 5) is 9.80. The Balaban J connectivity index is 1.25. The molecule has 4 nitrogen and oxygen atoms in total. The zero-order valence-corrected chi connectivity index (χ0v) is 24.4. The number of benzene rings is 6. The summed E-state index contributed by atoms with van der Waals surface area (Å²) in [5.74, 6) is 0. The van der Waals surface area contributed by atoms with Crippen LogP contribution in [0.1, 0.15) is 5.56 Å². The van der Waals surface area contributed by atoms with Crippen LogP contribution in [0.5, 0.6) is 0 Å². The molecule has 1 aliphatic carbocycles. The molecule has 1 aliphatic rings. The van der Waals surface area contributed by atoms with E-state index in [1.807, 2.05) is 24.3 Å². The Morgan fingerprint density at radius 2 is 1.40 bits per heavy atom. The van der Waals surface area contributed by atoms with Crippen LogP contribution in [0, 0.1) is 0 Å². The van der Waals surface area contributed by atoms with Crippen molar-refractivity contribution in [3.63, 3.8) is 0 Å². The molecule has 212 valence electrons. The molecule has 2 heterocycles. The number of rotatable bonds is 4. The van der Waals surface area contributed by atoms with Gasteiger partial charge in [0.1, 0.15) is 17.8 Å². The Kier molecular flexibility index (Phi) is 5.69. The lowest BCUT2D eigenvalue weighted by atomic mass is 9.95. The maximum atomic E-state index is 6.23. The van der Waals surface area contributed by atoms with Gasteiger partial charge in [0.05, 0.1) is 22.4 Å². The van der Waals surface area contributed by atoms with Crippen LogP contribution in [-0.2, 0) is 6.67 Å². The summed E-state index contributed by atoms with van der Waals surface area (Å²) in [5.41, 5.74) is 7.81. The fourth-order valence-corrected chi connectivity index (χ4v) is 6.95. The average Bonchev–Trinajstić information content (AvgIpc) is 3.63. The zero-order valence-electron chi connectivity index (χ0n) is 24.4. The summed E-state index contributed by atoms with van der Waals surface area (Å²) in [6.45, 7) is 4.44. The molecule has 9 rings (SSSR count). The van der Waals surface area contributed by atoms with Crippen molar-refractivity contribution in [1.29, 1.82) is 0 Å². The normalized spacial score (nSPS) is 15.4. The van der Waals surface area contributed by atoms with Crippen molar-refractivity contribution in [2.75, 3.05) is 0 Å². The maximum absolute atomic E-state index is 6.23. The Labute approximate surface area is 259 Å². The van der Waals surface area contributed by atoms with E-state index in [2.05, 4.69) is 132 Å². The smallest absolute Gasteiger partial charge is 0.136 e. The van der Waals surface area contributed by atoms with E-state index in [9.17, 15) is 0 Å². The average molecular weight is 578 g/mol. The van der Waals surface area contributed by atoms with Gasteiger partial charge in [-0.1, -0.05) is 103 Å². The Morgan fingerprint density at radius 1 is 0.622 bits per heavy atom. The van der Waals surface area contributed by atoms with Gasteiger partial charge >= 0.3 is 0 Å². The van der Waals surface area contributed by atoms with Crippen LogP contribution < -0.4 is 0 Å². The summed E-state index contributed by atoms with van der Waals surface area (Å²) >= 11 is 0. The Morgan fingerprint density at radius 3 is 2.31 bits per heavy atom. The van der Waals surface area contributed by atoms with Crippen LogP contribution in [-0.4, -0.2) is 17.0 Å². The van der Waals surface area contributed by atoms with Crippen LogP contribution in [0.2, 0.25) is 0 Å². The highest BCUT2D eigenvalue weighted by Gasteiger charge is 2.17. The molecule has 0 amide bonds. The van der Waals surface area contributed by atoms with E-state index in [-0.39, 0.29) is 0 Å². The minimum atomic E-state index is 0.453. The number of aromatic nitrogens is 1. The third-order valence-corrected chi connectivity index (χ3v) is 8.99.